The molecule has 0 bridgehead atoms. The lowest BCUT2D eigenvalue weighted by Crippen LogP contribution is -2.38. The molecule has 2 aliphatic rings. The molecule has 0 spiro atoms. The first kappa shape index (κ1) is 24.5. The summed E-state index contributed by atoms with van der Waals surface area (Å²) in [5.74, 6) is -1.34. The van der Waals surface area contributed by atoms with Gasteiger partial charge in [0.25, 0.3) is 0 Å². The Labute approximate surface area is 216 Å². The molecule has 0 saturated carbocycles. The number of rotatable bonds is 5. The number of nitrogens with zero attached hydrogens (tertiary/aromatic N) is 1. The third-order valence-electron chi connectivity index (χ3n) is 7.25. The summed E-state index contributed by atoms with van der Waals surface area (Å²) in [7, 11) is 0. The van der Waals surface area contributed by atoms with Gasteiger partial charge in [-0.2, -0.15) is 0 Å². The van der Waals surface area contributed by atoms with Gasteiger partial charge in [0.15, 0.2) is 5.78 Å². The number of Topliss-reactive ketones (excluding diaryl/α,β-unsaturated/α-hetero) is 1. The summed E-state index contributed by atoms with van der Waals surface area (Å²) in [6.45, 7) is 4.04. The van der Waals surface area contributed by atoms with Gasteiger partial charge >= 0.3 is 5.97 Å². The van der Waals surface area contributed by atoms with Crippen molar-refractivity contribution in [1.29, 1.82) is 0 Å². The fraction of sp³-hybridized carbons (Fsp3) is 0.258. The molecule has 0 aromatic heterocycles. The molecule has 6 nitrogen and oxygen atoms in total. The fourth-order valence-corrected chi connectivity index (χ4v) is 5.34. The molecular weight excluding hydrogens is 464 g/mol. The first-order valence-corrected chi connectivity index (χ1v) is 12.6. The molecule has 3 aromatic rings. The van der Waals surface area contributed by atoms with Crippen molar-refractivity contribution in [2.75, 3.05) is 10.2 Å². The second-order valence-corrected chi connectivity index (χ2v) is 9.94. The zero-order chi connectivity index (χ0) is 26.1. The maximum absolute atomic E-state index is 13.9. The van der Waals surface area contributed by atoms with E-state index >= 15 is 0 Å². The zero-order valence-electron chi connectivity index (χ0n) is 21.0. The lowest BCUT2D eigenvalue weighted by molar-refractivity contribution is -0.138. The number of carbonyl (C=O) groups excluding carboxylic acids is 2. The Morgan fingerprint density at radius 1 is 0.865 bits per heavy atom. The van der Waals surface area contributed by atoms with Crippen molar-refractivity contribution in [2.24, 2.45) is 0 Å². The molecule has 188 valence electrons. The summed E-state index contributed by atoms with van der Waals surface area (Å²) >= 11 is 0. The molecule has 37 heavy (non-hydrogen) atoms. The largest absolute Gasteiger partial charge is 0.481 e. The Kier molecular flexibility index (Phi) is 6.66. The maximum Gasteiger partial charge on any atom is 0.303 e. The standard InChI is InChI=1S/C31H30N2O4/c1-19-7-11-21(12-8-19)23-17-25-30(27(34)18-23)31(22-13-9-20(2)10-14-22)33(28(35)15-16-29(36)37)26-6-4-3-5-24(26)32-25/h3-14,23,31-32H,15-18H2,1-2H3,(H,36,37)/t23-,31+/m1/s1. The molecular formula is C31H30N2O4. The zero-order valence-corrected chi connectivity index (χ0v) is 21.0. The van der Waals surface area contributed by atoms with Crippen LogP contribution < -0.4 is 10.2 Å². The molecule has 3 aromatic carbocycles. The van der Waals surface area contributed by atoms with Crippen LogP contribution >= 0.6 is 0 Å². The summed E-state index contributed by atoms with van der Waals surface area (Å²) < 4.78 is 0. The lowest BCUT2D eigenvalue weighted by atomic mass is 9.78. The minimum absolute atomic E-state index is 0.00580. The van der Waals surface area contributed by atoms with E-state index in [9.17, 15) is 19.5 Å². The van der Waals surface area contributed by atoms with Crippen LogP contribution in [-0.2, 0) is 14.4 Å². The predicted octanol–water partition coefficient (Wildman–Crippen LogP) is 6.07. The van der Waals surface area contributed by atoms with Crippen molar-refractivity contribution in [3.05, 3.63) is 106 Å². The van der Waals surface area contributed by atoms with E-state index in [2.05, 4.69) is 29.6 Å². The minimum atomic E-state index is -1.03. The molecule has 6 heteroatoms. The number of ketones is 1. The van der Waals surface area contributed by atoms with E-state index in [1.807, 2.05) is 62.4 Å². The smallest absolute Gasteiger partial charge is 0.303 e. The van der Waals surface area contributed by atoms with Crippen LogP contribution in [0.5, 0.6) is 0 Å². The molecule has 1 amide bonds. The van der Waals surface area contributed by atoms with Gasteiger partial charge in [-0.05, 0) is 49.4 Å². The second kappa shape index (κ2) is 10.1. The summed E-state index contributed by atoms with van der Waals surface area (Å²) in [5.41, 5.74) is 6.93. The molecule has 2 atom stereocenters. The predicted molar refractivity (Wildman–Crippen MR) is 144 cm³/mol. The van der Waals surface area contributed by atoms with E-state index in [-0.39, 0.29) is 30.4 Å². The van der Waals surface area contributed by atoms with Crippen LogP contribution in [0, 0.1) is 13.8 Å². The first-order chi connectivity index (χ1) is 17.8. The first-order valence-electron chi connectivity index (χ1n) is 12.6. The van der Waals surface area contributed by atoms with Crippen LogP contribution in [0.15, 0.2) is 84.1 Å². The van der Waals surface area contributed by atoms with E-state index in [4.69, 9.17) is 0 Å². The van der Waals surface area contributed by atoms with Gasteiger partial charge in [0, 0.05) is 24.1 Å². The topological polar surface area (TPSA) is 86.7 Å². The number of aryl methyl sites for hydroxylation is 2. The fourth-order valence-electron chi connectivity index (χ4n) is 5.34. The highest BCUT2D eigenvalue weighted by molar-refractivity contribution is 6.06. The summed E-state index contributed by atoms with van der Waals surface area (Å²) in [5, 5.41) is 12.8. The average molecular weight is 495 g/mol. The molecule has 0 unspecified atom stereocenters. The number of fused-ring (bicyclic) bond motifs is 1. The van der Waals surface area contributed by atoms with Crippen molar-refractivity contribution in [3.8, 4) is 0 Å². The average Bonchev–Trinajstić information content (AvgIpc) is 3.03. The van der Waals surface area contributed by atoms with Crippen LogP contribution in [-0.4, -0.2) is 22.8 Å². The quantitative estimate of drug-likeness (QED) is 0.450. The van der Waals surface area contributed by atoms with E-state index < -0.39 is 12.0 Å². The summed E-state index contributed by atoms with van der Waals surface area (Å²) in [6.07, 6.45) is 0.549. The molecule has 0 radical (unpaired) electrons. The highest BCUT2D eigenvalue weighted by Gasteiger charge is 2.41. The van der Waals surface area contributed by atoms with E-state index in [1.165, 1.54) is 5.56 Å². The van der Waals surface area contributed by atoms with E-state index in [1.54, 1.807) is 4.90 Å². The van der Waals surface area contributed by atoms with Gasteiger partial charge < -0.3 is 10.4 Å². The number of carbonyl (C=O) groups is 3. The molecule has 0 saturated heterocycles. The van der Waals surface area contributed by atoms with Gasteiger partial charge in [-0.3, -0.25) is 19.3 Å². The van der Waals surface area contributed by atoms with Gasteiger partial charge in [-0.1, -0.05) is 71.8 Å². The number of amides is 1. The van der Waals surface area contributed by atoms with Crippen molar-refractivity contribution in [3.63, 3.8) is 0 Å². The highest BCUT2D eigenvalue weighted by atomic mass is 16.4. The van der Waals surface area contributed by atoms with Crippen molar-refractivity contribution in [2.45, 2.75) is 51.5 Å². The van der Waals surface area contributed by atoms with Gasteiger partial charge in [-0.15, -0.1) is 0 Å². The van der Waals surface area contributed by atoms with Crippen molar-refractivity contribution >= 4 is 29.0 Å². The van der Waals surface area contributed by atoms with Crippen molar-refractivity contribution in [1.82, 2.24) is 0 Å². The van der Waals surface area contributed by atoms with Crippen LogP contribution in [0.25, 0.3) is 0 Å². The monoisotopic (exact) mass is 494 g/mol. The van der Waals surface area contributed by atoms with Gasteiger partial charge in [0.2, 0.25) is 5.91 Å². The number of carboxylic acids is 1. The molecule has 1 aliphatic heterocycles. The molecule has 5 rings (SSSR count). The van der Waals surface area contributed by atoms with E-state index in [0.29, 0.717) is 24.1 Å². The number of benzene rings is 3. The molecule has 2 N–H and O–H groups in total. The number of nitrogens with one attached hydrogen (secondary N) is 1. The van der Waals surface area contributed by atoms with Gasteiger partial charge in [-0.25, -0.2) is 0 Å². The van der Waals surface area contributed by atoms with E-state index in [0.717, 1.165) is 28.1 Å². The Hall–Kier alpha value is -4.19. The Morgan fingerprint density at radius 2 is 1.49 bits per heavy atom. The lowest BCUT2D eigenvalue weighted by Gasteiger charge is -2.35. The molecule has 0 fully saturated rings. The number of anilines is 2. The SMILES string of the molecule is Cc1ccc([C@H]2CC(=O)C3=C(C2)Nc2ccccc2N(C(=O)CCC(=O)O)[C@H]3c2ccc(C)cc2)cc1. The normalized spacial score (nSPS) is 19.0. The van der Waals surface area contributed by atoms with Crippen LogP contribution in [0.2, 0.25) is 0 Å². The van der Waals surface area contributed by atoms with Gasteiger partial charge in [0.05, 0.1) is 23.8 Å². The number of aliphatic carboxylic acids is 1. The molecule has 1 heterocycles. The van der Waals surface area contributed by atoms with Gasteiger partial charge in [0.1, 0.15) is 0 Å². The molecule has 1 aliphatic carbocycles. The van der Waals surface area contributed by atoms with Crippen LogP contribution in [0.4, 0.5) is 11.4 Å². The van der Waals surface area contributed by atoms with Crippen LogP contribution in [0.1, 0.15) is 59.9 Å². The van der Waals surface area contributed by atoms with Crippen molar-refractivity contribution < 1.29 is 19.5 Å². The third-order valence-corrected chi connectivity index (χ3v) is 7.25. The number of hydrogen-bond acceptors (Lipinski definition) is 4. The Balaban J connectivity index is 1.67. The second-order valence-electron chi connectivity index (χ2n) is 9.94. The highest BCUT2D eigenvalue weighted by Crippen LogP contribution is 2.47. The number of para-hydroxylation sites is 2. The number of hydrogen-bond donors (Lipinski definition) is 2. The Bertz CT molecular complexity index is 1390. The Morgan fingerprint density at radius 3 is 2.14 bits per heavy atom. The number of carboxylic acid groups (broad SMARTS) is 1. The summed E-state index contributed by atoms with van der Waals surface area (Å²) in [4.78, 5) is 40.5. The third kappa shape index (κ3) is 4.92. The summed E-state index contributed by atoms with van der Waals surface area (Å²) in [6, 6.07) is 23.0. The number of allylic oxidation sites excluding steroid dienone is 1. The maximum atomic E-state index is 13.9. The minimum Gasteiger partial charge on any atom is -0.481 e. The van der Waals surface area contributed by atoms with Crippen LogP contribution in [0.3, 0.4) is 0 Å².